The van der Waals surface area contributed by atoms with Gasteiger partial charge in [-0.05, 0) is 47.1 Å². The molecule has 0 saturated carbocycles. The molecule has 1 aromatic rings. The van der Waals surface area contributed by atoms with Gasteiger partial charge in [-0.1, -0.05) is 31.9 Å². The number of aldehydes is 1. The third kappa shape index (κ3) is 15.7. The Morgan fingerprint density at radius 1 is 0.815 bits per heavy atom. The van der Waals surface area contributed by atoms with Crippen LogP contribution in [0.5, 0.6) is 0 Å². The molecule has 2 N–H and O–H groups in total. The number of rotatable bonds is 9. The summed E-state index contributed by atoms with van der Waals surface area (Å²) < 4.78 is 10.4. The lowest BCUT2D eigenvalue weighted by atomic mass is 10.1. The average Bonchev–Trinajstić information content (AvgIpc) is 2.65. The Labute approximate surface area is 165 Å². The molecular formula is C20H39N2O4P. The molecule has 0 aliphatic rings. The Morgan fingerprint density at radius 3 is 1.44 bits per heavy atom. The highest BCUT2D eigenvalue weighted by Crippen LogP contribution is 2.30. The number of hydrogen-bond acceptors (Lipinski definition) is 4. The van der Waals surface area contributed by atoms with Gasteiger partial charge >= 0.3 is 0 Å². The van der Waals surface area contributed by atoms with Crippen molar-refractivity contribution in [3.63, 3.8) is 0 Å². The SMILES string of the molecule is CC[NH+](CC)CC.CC[NH+](CC)CC.O=Cc1ccccc1CP(=O)([O-])[O-]. The van der Waals surface area contributed by atoms with E-state index in [9.17, 15) is 19.1 Å². The molecule has 0 aliphatic heterocycles. The van der Waals surface area contributed by atoms with Crippen LogP contribution in [0.15, 0.2) is 24.3 Å². The van der Waals surface area contributed by atoms with E-state index in [4.69, 9.17) is 0 Å². The maximum atomic E-state index is 10.4. The van der Waals surface area contributed by atoms with Gasteiger partial charge in [0.2, 0.25) is 0 Å². The third-order valence-electron chi connectivity index (χ3n) is 4.55. The van der Waals surface area contributed by atoms with Crippen LogP contribution in [0, 0.1) is 0 Å². The molecule has 1 rings (SSSR count). The van der Waals surface area contributed by atoms with Gasteiger partial charge in [0, 0.05) is 11.7 Å². The van der Waals surface area contributed by atoms with Crippen molar-refractivity contribution in [2.75, 3.05) is 39.3 Å². The van der Waals surface area contributed by atoms with Gasteiger partial charge in [0.05, 0.1) is 39.3 Å². The van der Waals surface area contributed by atoms with Gasteiger partial charge in [-0.15, -0.1) is 0 Å². The molecule has 0 aromatic heterocycles. The largest absolute Gasteiger partial charge is 0.810 e. The highest BCUT2D eigenvalue weighted by atomic mass is 31.2. The number of hydrogen-bond donors (Lipinski definition) is 2. The second kappa shape index (κ2) is 17.1. The van der Waals surface area contributed by atoms with E-state index < -0.39 is 13.8 Å². The number of benzene rings is 1. The molecule has 0 radical (unpaired) electrons. The monoisotopic (exact) mass is 402 g/mol. The molecule has 6 nitrogen and oxygen atoms in total. The van der Waals surface area contributed by atoms with E-state index in [2.05, 4.69) is 41.5 Å². The Bertz CT molecular complexity index is 503. The first-order chi connectivity index (χ1) is 12.7. The molecule has 158 valence electrons. The van der Waals surface area contributed by atoms with Crippen molar-refractivity contribution in [3.05, 3.63) is 35.4 Å². The van der Waals surface area contributed by atoms with Crippen LogP contribution in [0.3, 0.4) is 0 Å². The van der Waals surface area contributed by atoms with E-state index in [1.54, 1.807) is 21.9 Å². The predicted molar refractivity (Wildman–Crippen MR) is 108 cm³/mol. The van der Waals surface area contributed by atoms with E-state index >= 15 is 0 Å². The quantitative estimate of drug-likeness (QED) is 0.441. The van der Waals surface area contributed by atoms with E-state index in [0.717, 1.165) is 0 Å². The maximum Gasteiger partial charge on any atom is 0.150 e. The molecule has 0 aliphatic carbocycles. The minimum atomic E-state index is -4.59. The van der Waals surface area contributed by atoms with Crippen LogP contribution >= 0.6 is 7.60 Å². The molecule has 0 bridgehead atoms. The van der Waals surface area contributed by atoms with Gasteiger partial charge in [0.1, 0.15) is 6.29 Å². The molecule has 0 fully saturated rings. The number of quaternary nitrogens is 2. The van der Waals surface area contributed by atoms with Crippen molar-refractivity contribution in [1.82, 2.24) is 0 Å². The Balaban J connectivity index is 0. The number of carbonyl (C=O) groups excluding carboxylic acids is 1. The molecule has 0 unspecified atom stereocenters. The zero-order valence-electron chi connectivity index (χ0n) is 17.9. The number of carbonyl (C=O) groups is 1. The Hall–Kier alpha value is -1.04. The van der Waals surface area contributed by atoms with Gasteiger partial charge < -0.3 is 24.2 Å². The fraction of sp³-hybridized carbons (Fsp3) is 0.650. The van der Waals surface area contributed by atoms with Crippen molar-refractivity contribution >= 4 is 13.9 Å². The van der Waals surface area contributed by atoms with E-state index in [1.807, 2.05) is 0 Å². The van der Waals surface area contributed by atoms with Gasteiger partial charge in [-0.2, -0.15) is 0 Å². The molecule has 0 spiro atoms. The minimum Gasteiger partial charge on any atom is -0.810 e. The summed E-state index contributed by atoms with van der Waals surface area (Å²) in [4.78, 5) is 34.6. The molecule has 1 aromatic carbocycles. The summed E-state index contributed by atoms with van der Waals surface area (Å²) in [5, 5.41) is 0. The first kappa shape index (κ1) is 28.2. The lowest BCUT2D eigenvalue weighted by Gasteiger charge is -2.29. The molecule has 0 heterocycles. The first-order valence-electron chi connectivity index (χ1n) is 9.93. The summed E-state index contributed by atoms with van der Waals surface area (Å²) in [6.45, 7) is 21.0. The molecule has 27 heavy (non-hydrogen) atoms. The lowest BCUT2D eigenvalue weighted by Crippen LogP contribution is -3.11. The van der Waals surface area contributed by atoms with Crippen LogP contribution in [0.4, 0.5) is 0 Å². The topological polar surface area (TPSA) is 89.1 Å². The van der Waals surface area contributed by atoms with Crippen molar-refractivity contribution in [3.8, 4) is 0 Å². The van der Waals surface area contributed by atoms with Crippen LogP contribution in [0.25, 0.3) is 0 Å². The highest BCUT2D eigenvalue weighted by Gasteiger charge is 2.01. The highest BCUT2D eigenvalue weighted by molar-refractivity contribution is 7.47. The molecule has 7 heteroatoms. The molecular weight excluding hydrogens is 363 g/mol. The zero-order valence-corrected chi connectivity index (χ0v) is 18.8. The summed E-state index contributed by atoms with van der Waals surface area (Å²) in [5.41, 5.74) is 0.500. The maximum absolute atomic E-state index is 10.4. The van der Waals surface area contributed by atoms with Crippen molar-refractivity contribution < 1.29 is 28.9 Å². The summed E-state index contributed by atoms with van der Waals surface area (Å²) in [5.74, 6) is 0. The standard InChI is InChI=1S/C8H9O4P.2C6H15N/c9-5-7-3-1-2-4-8(7)6-13(10,11)12;2*1-4-7(5-2)6-3/h1-5H,6H2,(H2,10,11,12);2*4-6H2,1-3H3. The van der Waals surface area contributed by atoms with Crippen LogP contribution in [0.2, 0.25) is 0 Å². The van der Waals surface area contributed by atoms with E-state index in [-0.39, 0.29) is 11.1 Å². The first-order valence-corrected chi connectivity index (χ1v) is 11.7. The Morgan fingerprint density at radius 2 is 1.19 bits per heavy atom. The van der Waals surface area contributed by atoms with Crippen LogP contribution in [0.1, 0.15) is 57.5 Å². The van der Waals surface area contributed by atoms with E-state index in [0.29, 0.717) is 6.29 Å². The van der Waals surface area contributed by atoms with Crippen LogP contribution < -0.4 is 19.6 Å². The number of nitrogens with one attached hydrogen (secondary N) is 2. The fourth-order valence-corrected chi connectivity index (χ4v) is 3.21. The predicted octanol–water partition coefficient (Wildman–Crippen LogP) is -0.225. The van der Waals surface area contributed by atoms with Gasteiger partial charge in [-0.25, -0.2) is 0 Å². The van der Waals surface area contributed by atoms with Crippen molar-refractivity contribution in [2.24, 2.45) is 0 Å². The summed E-state index contributed by atoms with van der Waals surface area (Å²) in [6.07, 6.45) is -0.0765. The van der Waals surface area contributed by atoms with Gasteiger partial charge in [0.25, 0.3) is 0 Å². The minimum absolute atomic E-state index is 0.245. The second-order valence-corrected chi connectivity index (χ2v) is 7.75. The zero-order chi connectivity index (χ0) is 21.3. The lowest BCUT2D eigenvalue weighted by molar-refractivity contribution is -0.894. The van der Waals surface area contributed by atoms with Gasteiger partial charge in [-0.3, -0.25) is 4.79 Å². The molecule has 0 saturated heterocycles. The molecule has 0 amide bonds. The van der Waals surface area contributed by atoms with Crippen LogP contribution in [-0.2, 0) is 10.7 Å². The third-order valence-corrected chi connectivity index (χ3v) is 5.27. The smallest absolute Gasteiger partial charge is 0.150 e. The van der Waals surface area contributed by atoms with E-state index in [1.165, 1.54) is 51.4 Å². The van der Waals surface area contributed by atoms with Crippen LogP contribution in [-0.4, -0.2) is 45.6 Å². The van der Waals surface area contributed by atoms with Gasteiger partial charge in [0.15, 0.2) is 0 Å². The second-order valence-electron chi connectivity index (χ2n) is 6.21. The molecule has 0 atom stereocenters. The van der Waals surface area contributed by atoms with Crippen molar-refractivity contribution in [1.29, 1.82) is 0 Å². The average molecular weight is 403 g/mol. The fourth-order valence-electron chi connectivity index (χ4n) is 2.50. The normalized spacial score (nSPS) is 10.7. The summed E-state index contributed by atoms with van der Waals surface area (Å²) in [6, 6.07) is 6.11. The summed E-state index contributed by atoms with van der Waals surface area (Å²) in [7, 11) is -4.59. The van der Waals surface area contributed by atoms with Crippen molar-refractivity contribution in [2.45, 2.75) is 47.7 Å². The Kier molecular flexibility index (Phi) is 17.8. The summed E-state index contributed by atoms with van der Waals surface area (Å²) >= 11 is 0.